The number of ether oxygens (including phenoxy) is 1. The van der Waals surface area contributed by atoms with Gasteiger partial charge in [-0.25, -0.2) is 18.6 Å². The van der Waals surface area contributed by atoms with Crippen molar-refractivity contribution in [3.63, 3.8) is 0 Å². The summed E-state index contributed by atoms with van der Waals surface area (Å²) in [5, 5.41) is 10.3. The van der Waals surface area contributed by atoms with Crippen molar-refractivity contribution in [2.45, 2.75) is 6.61 Å². The van der Waals surface area contributed by atoms with Crippen LogP contribution in [0, 0.1) is 11.6 Å². The molecule has 20 heavy (non-hydrogen) atoms. The molecule has 2 N–H and O–H groups in total. The number of nitrogens with zero attached hydrogens (tertiary/aromatic N) is 2. The second kappa shape index (κ2) is 5.91. The van der Waals surface area contributed by atoms with Gasteiger partial charge >= 0.3 is 12.1 Å². The molecule has 0 unspecified atom stereocenters. The van der Waals surface area contributed by atoms with Crippen LogP contribution in [0.3, 0.4) is 0 Å². The van der Waals surface area contributed by atoms with E-state index >= 15 is 0 Å². The molecule has 1 aromatic carbocycles. The van der Waals surface area contributed by atoms with E-state index in [0.29, 0.717) is 5.56 Å². The number of rotatable bonds is 4. The largest absolute Gasteiger partial charge is 0.465 e. The third-order valence-corrected chi connectivity index (χ3v) is 2.20. The minimum atomic E-state index is -1.46. The van der Waals surface area contributed by atoms with Gasteiger partial charge < -0.3 is 9.84 Å². The molecule has 0 aliphatic heterocycles. The van der Waals surface area contributed by atoms with Crippen molar-refractivity contribution >= 4 is 11.9 Å². The normalized spacial score (nSPS) is 10.1. The number of carbonyl (C=O) groups is 1. The lowest BCUT2D eigenvalue weighted by atomic mass is 10.2. The maximum Gasteiger partial charge on any atom is 0.410 e. The van der Waals surface area contributed by atoms with Gasteiger partial charge in [-0.2, -0.15) is 4.98 Å². The molecular weight excluding hydrogens is 272 g/mol. The zero-order valence-electron chi connectivity index (χ0n) is 10.0. The zero-order chi connectivity index (χ0) is 14.5. The molecule has 0 fully saturated rings. The molecule has 1 aromatic heterocycles. The first kappa shape index (κ1) is 13.7. The summed E-state index contributed by atoms with van der Waals surface area (Å²) in [6.07, 6.45) is -0.683. The van der Waals surface area contributed by atoms with Crippen LogP contribution in [0.1, 0.15) is 5.56 Å². The lowest BCUT2D eigenvalue weighted by Crippen LogP contribution is -2.12. The van der Waals surface area contributed by atoms with Crippen molar-refractivity contribution in [2.75, 3.05) is 5.32 Å². The summed E-state index contributed by atoms with van der Waals surface area (Å²) >= 11 is 0. The Morgan fingerprint density at radius 1 is 1.40 bits per heavy atom. The topological polar surface area (TPSA) is 84.3 Å². The second-order valence-electron chi connectivity index (χ2n) is 3.70. The fourth-order valence-corrected chi connectivity index (χ4v) is 1.38. The average Bonchev–Trinajstić information content (AvgIpc) is 2.39. The molecule has 2 rings (SSSR count). The number of benzene rings is 1. The third-order valence-electron chi connectivity index (χ3n) is 2.20. The van der Waals surface area contributed by atoms with Crippen LogP contribution in [-0.4, -0.2) is 21.2 Å². The molecule has 8 heteroatoms. The number of anilines is 1. The Morgan fingerprint density at radius 3 is 2.90 bits per heavy atom. The highest BCUT2D eigenvalue weighted by Crippen LogP contribution is 2.14. The van der Waals surface area contributed by atoms with E-state index in [2.05, 4.69) is 9.97 Å². The number of nitrogens with one attached hydrogen (secondary N) is 1. The number of hydrogen-bond donors (Lipinski definition) is 2. The van der Waals surface area contributed by atoms with E-state index < -0.39 is 23.5 Å². The molecule has 0 saturated heterocycles. The van der Waals surface area contributed by atoms with Gasteiger partial charge in [0.05, 0.1) is 6.20 Å². The highest BCUT2D eigenvalue weighted by Gasteiger charge is 2.10. The highest BCUT2D eigenvalue weighted by molar-refractivity contribution is 5.81. The first-order valence-electron chi connectivity index (χ1n) is 5.44. The minimum absolute atomic E-state index is 0.0318. The van der Waals surface area contributed by atoms with Crippen LogP contribution in [0.15, 0.2) is 30.5 Å². The van der Waals surface area contributed by atoms with Crippen LogP contribution in [0.25, 0.3) is 0 Å². The summed E-state index contributed by atoms with van der Waals surface area (Å²) in [6, 6.07) is 5.46. The van der Waals surface area contributed by atoms with Crippen LogP contribution in [0.4, 0.5) is 19.4 Å². The van der Waals surface area contributed by atoms with Crippen LogP contribution in [-0.2, 0) is 6.61 Å². The predicted molar refractivity (Wildman–Crippen MR) is 64.4 cm³/mol. The van der Waals surface area contributed by atoms with E-state index in [1.54, 1.807) is 11.4 Å². The Bertz CT molecular complexity index is 637. The molecule has 0 aliphatic carbocycles. The number of aromatic nitrogens is 2. The van der Waals surface area contributed by atoms with Crippen molar-refractivity contribution in [1.82, 2.24) is 9.97 Å². The number of hydrogen-bond acceptors (Lipinski definition) is 4. The van der Waals surface area contributed by atoms with Gasteiger partial charge in [-0.1, -0.05) is 12.1 Å². The quantitative estimate of drug-likeness (QED) is 0.899. The zero-order valence-corrected chi connectivity index (χ0v) is 10.0. The molecule has 6 nitrogen and oxygen atoms in total. The summed E-state index contributed by atoms with van der Waals surface area (Å²) in [7, 11) is 0. The summed E-state index contributed by atoms with van der Waals surface area (Å²) in [5.74, 6) is -1.85. The average molecular weight is 281 g/mol. The molecule has 0 radical (unpaired) electrons. The van der Waals surface area contributed by atoms with Crippen molar-refractivity contribution < 1.29 is 23.4 Å². The van der Waals surface area contributed by atoms with Crippen LogP contribution in [0.2, 0.25) is 0 Å². The summed E-state index contributed by atoms with van der Waals surface area (Å²) in [5.41, 5.74) is 0.533. The molecule has 0 bridgehead atoms. The van der Waals surface area contributed by atoms with Crippen molar-refractivity contribution in [3.8, 4) is 6.01 Å². The molecule has 2 aromatic rings. The van der Waals surface area contributed by atoms with Gasteiger partial charge in [-0.15, -0.1) is 0 Å². The smallest absolute Gasteiger partial charge is 0.410 e. The van der Waals surface area contributed by atoms with E-state index in [0.717, 1.165) is 6.20 Å². The van der Waals surface area contributed by atoms with Gasteiger partial charge in [0.25, 0.3) is 0 Å². The lowest BCUT2D eigenvalue weighted by molar-refractivity contribution is 0.209. The Labute approximate surface area is 112 Å². The summed E-state index contributed by atoms with van der Waals surface area (Å²) in [4.78, 5) is 17.5. The van der Waals surface area contributed by atoms with Crippen molar-refractivity contribution in [2.24, 2.45) is 0 Å². The summed E-state index contributed by atoms with van der Waals surface area (Å²) < 4.78 is 31.3. The number of halogens is 2. The standard InChI is InChI=1S/C12H9F2N3O3/c13-8-3-1-2-7(4-8)6-20-11-15-5-9(14)10(16-11)17-12(18)19/h1-5H,6H2,(H,18,19)(H,15,16,17). The second-order valence-corrected chi connectivity index (χ2v) is 3.70. The van der Waals surface area contributed by atoms with Crippen LogP contribution in [0.5, 0.6) is 6.01 Å². The van der Waals surface area contributed by atoms with Gasteiger partial charge in [-0.3, -0.25) is 5.32 Å². The lowest BCUT2D eigenvalue weighted by Gasteiger charge is -2.06. The van der Waals surface area contributed by atoms with E-state index in [4.69, 9.17) is 9.84 Å². The maximum absolute atomic E-state index is 13.2. The van der Waals surface area contributed by atoms with Gasteiger partial charge in [-0.05, 0) is 17.7 Å². The van der Waals surface area contributed by atoms with Gasteiger partial charge in [0.15, 0.2) is 11.6 Å². The van der Waals surface area contributed by atoms with E-state index in [-0.39, 0.29) is 12.6 Å². The van der Waals surface area contributed by atoms with Gasteiger partial charge in [0.1, 0.15) is 12.4 Å². The first-order valence-corrected chi connectivity index (χ1v) is 5.44. The molecule has 0 atom stereocenters. The molecule has 1 amide bonds. The molecule has 0 saturated carbocycles. The van der Waals surface area contributed by atoms with E-state index in [1.807, 2.05) is 0 Å². The Hall–Kier alpha value is -2.77. The van der Waals surface area contributed by atoms with Gasteiger partial charge in [0.2, 0.25) is 0 Å². The minimum Gasteiger partial charge on any atom is -0.465 e. The van der Waals surface area contributed by atoms with Crippen molar-refractivity contribution in [1.29, 1.82) is 0 Å². The fourth-order valence-electron chi connectivity index (χ4n) is 1.38. The summed E-state index contributed by atoms with van der Waals surface area (Å²) in [6.45, 7) is -0.0318. The molecule has 104 valence electrons. The Balaban J connectivity index is 2.08. The molecule has 0 aliphatic rings. The molecule has 1 heterocycles. The SMILES string of the molecule is O=C(O)Nc1nc(OCc2cccc(F)c2)ncc1F. The van der Waals surface area contributed by atoms with E-state index in [9.17, 15) is 13.6 Å². The number of carboxylic acid groups (broad SMARTS) is 1. The first-order chi connectivity index (χ1) is 9.54. The third kappa shape index (κ3) is 3.61. The number of amides is 1. The monoisotopic (exact) mass is 281 g/mol. The van der Waals surface area contributed by atoms with Gasteiger partial charge in [0, 0.05) is 0 Å². The van der Waals surface area contributed by atoms with Crippen LogP contribution >= 0.6 is 0 Å². The fraction of sp³-hybridized carbons (Fsp3) is 0.0833. The Morgan fingerprint density at radius 2 is 2.20 bits per heavy atom. The molecular formula is C12H9F2N3O3. The maximum atomic E-state index is 13.2. The van der Waals surface area contributed by atoms with Crippen molar-refractivity contribution in [3.05, 3.63) is 47.7 Å². The van der Waals surface area contributed by atoms with E-state index in [1.165, 1.54) is 18.2 Å². The predicted octanol–water partition coefficient (Wildman–Crippen LogP) is 2.42. The Kier molecular flexibility index (Phi) is 4.04. The van der Waals surface area contributed by atoms with Crippen LogP contribution < -0.4 is 10.1 Å². The highest BCUT2D eigenvalue weighted by atomic mass is 19.1. The molecule has 0 spiro atoms.